The first-order chi connectivity index (χ1) is 14.4. The molecule has 0 aliphatic carbocycles. The smallest absolute Gasteiger partial charge is 0.356 e. The summed E-state index contributed by atoms with van der Waals surface area (Å²) in [7, 11) is 4.22. The molecular formula is C20H20F2N4O4. The van der Waals surface area contributed by atoms with Crippen molar-refractivity contribution in [3.05, 3.63) is 53.4 Å². The van der Waals surface area contributed by atoms with Gasteiger partial charge in [0.1, 0.15) is 12.3 Å². The lowest BCUT2D eigenvalue weighted by molar-refractivity contribution is -0.119. The molecule has 0 atom stereocenters. The van der Waals surface area contributed by atoms with Crippen LogP contribution in [0.15, 0.2) is 30.5 Å². The Morgan fingerprint density at radius 2 is 2.00 bits per heavy atom. The van der Waals surface area contributed by atoms with Gasteiger partial charge in [0.15, 0.2) is 17.3 Å². The average Bonchev–Trinajstić information content (AvgIpc) is 3.00. The highest BCUT2D eigenvalue weighted by atomic mass is 19.2. The minimum absolute atomic E-state index is 0.0127. The highest BCUT2D eigenvalue weighted by Crippen LogP contribution is 2.32. The number of halogens is 2. The molecule has 0 fully saturated rings. The quantitative estimate of drug-likeness (QED) is 0.573. The normalized spacial score (nSPS) is 10.8. The molecule has 158 valence electrons. The monoisotopic (exact) mass is 418 g/mol. The third-order valence-corrected chi connectivity index (χ3v) is 4.46. The minimum atomic E-state index is -0.934. The second-order valence-corrected chi connectivity index (χ2v) is 6.42. The molecule has 3 aromatic rings. The van der Waals surface area contributed by atoms with E-state index in [1.54, 1.807) is 13.1 Å². The molecule has 0 bridgehead atoms. The Morgan fingerprint density at radius 3 is 2.70 bits per heavy atom. The highest BCUT2D eigenvalue weighted by molar-refractivity contribution is 6.11. The van der Waals surface area contributed by atoms with Crippen molar-refractivity contribution in [3.8, 4) is 0 Å². The predicted molar refractivity (Wildman–Crippen MR) is 106 cm³/mol. The molecule has 1 aromatic carbocycles. The number of fused-ring (bicyclic) bond motifs is 1. The van der Waals surface area contributed by atoms with Crippen LogP contribution in [-0.2, 0) is 27.9 Å². The van der Waals surface area contributed by atoms with Crippen LogP contribution in [0.25, 0.3) is 11.0 Å². The maximum Gasteiger partial charge on any atom is 0.356 e. The fourth-order valence-corrected chi connectivity index (χ4v) is 3.06. The summed E-state index contributed by atoms with van der Waals surface area (Å²) < 4.78 is 38.4. The molecule has 0 aliphatic rings. The van der Waals surface area contributed by atoms with E-state index in [1.165, 1.54) is 37.1 Å². The van der Waals surface area contributed by atoms with Crippen molar-refractivity contribution >= 4 is 34.3 Å². The Morgan fingerprint density at radius 1 is 1.23 bits per heavy atom. The third kappa shape index (κ3) is 4.08. The molecule has 1 amide bonds. The van der Waals surface area contributed by atoms with Crippen LogP contribution in [-0.4, -0.2) is 42.3 Å². The second kappa shape index (κ2) is 8.87. The molecule has 8 nitrogen and oxygen atoms in total. The summed E-state index contributed by atoms with van der Waals surface area (Å²) in [5, 5.41) is 6.08. The number of hydrogen-bond acceptors (Lipinski definition) is 6. The zero-order chi connectivity index (χ0) is 21.8. The van der Waals surface area contributed by atoms with E-state index >= 15 is 0 Å². The van der Waals surface area contributed by atoms with Gasteiger partial charge in [-0.2, -0.15) is 0 Å². The zero-order valence-electron chi connectivity index (χ0n) is 16.6. The van der Waals surface area contributed by atoms with E-state index in [2.05, 4.69) is 15.6 Å². The average molecular weight is 418 g/mol. The van der Waals surface area contributed by atoms with Crippen LogP contribution in [0.4, 0.5) is 20.2 Å². The predicted octanol–water partition coefficient (Wildman–Crippen LogP) is 2.84. The summed E-state index contributed by atoms with van der Waals surface area (Å²) >= 11 is 0. The number of carbonyl (C=O) groups is 2. The molecule has 30 heavy (non-hydrogen) atoms. The molecule has 2 heterocycles. The van der Waals surface area contributed by atoms with Crippen LogP contribution in [0, 0.1) is 11.6 Å². The van der Waals surface area contributed by atoms with Crippen LogP contribution in [0.2, 0.25) is 0 Å². The number of methoxy groups -OCH3 is 2. The van der Waals surface area contributed by atoms with E-state index in [0.717, 1.165) is 6.07 Å². The highest BCUT2D eigenvalue weighted by Gasteiger charge is 2.24. The molecule has 0 saturated carbocycles. The van der Waals surface area contributed by atoms with E-state index in [4.69, 9.17) is 9.47 Å². The molecule has 0 unspecified atom stereocenters. The summed E-state index contributed by atoms with van der Waals surface area (Å²) in [5.74, 6) is -2.98. The Kier molecular flexibility index (Phi) is 6.26. The number of nitrogens with one attached hydrogen (secondary N) is 2. The van der Waals surface area contributed by atoms with Crippen molar-refractivity contribution in [2.75, 3.05) is 31.5 Å². The van der Waals surface area contributed by atoms with Crippen LogP contribution in [0.1, 0.15) is 16.1 Å². The van der Waals surface area contributed by atoms with Crippen molar-refractivity contribution in [1.82, 2.24) is 9.55 Å². The number of hydrogen-bond donors (Lipinski definition) is 2. The van der Waals surface area contributed by atoms with Gasteiger partial charge in [-0.05, 0) is 12.1 Å². The van der Waals surface area contributed by atoms with Crippen LogP contribution >= 0.6 is 0 Å². The van der Waals surface area contributed by atoms with Gasteiger partial charge in [-0.25, -0.2) is 18.6 Å². The Balaban J connectivity index is 2.00. The SMILES string of the molecule is COCC(=O)Nc1c(C(=O)OC)n(C)c2ncc(NCc3cccc(F)c3F)cc12. The van der Waals surface area contributed by atoms with Crippen molar-refractivity contribution < 1.29 is 27.8 Å². The fourth-order valence-electron chi connectivity index (χ4n) is 3.06. The summed E-state index contributed by atoms with van der Waals surface area (Å²) in [4.78, 5) is 28.7. The van der Waals surface area contributed by atoms with Gasteiger partial charge < -0.3 is 24.7 Å². The van der Waals surface area contributed by atoms with Crippen LogP contribution in [0.3, 0.4) is 0 Å². The van der Waals surface area contributed by atoms with E-state index in [-0.39, 0.29) is 30.1 Å². The minimum Gasteiger partial charge on any atom is -0.464 e. The molecular weight excluding hydrogens is 398 g/mol. The van der Waals surface area contributed by atoms with Crippen molar-refractivity contribution in [3.63, 3.8) is 0 Å². The summed E-state index contributed by atoms with van der Waals surface area (Å²) in [6.45, 7) is -0.194. The van der Waals surface area contributed by atoms with Gasteiger partial charge in [-0.1, -0.05) is 12.1 Å². The van der Waals surface area contributed by atoms with Gasteiger partial charge in [-0.15, -0.1) is 0 Å². The third-order valence-electron chi connectivity index (χ3n) is 4.46. The number of nitrogens with zero attached hydrogens (tertiary/aromatic N) is 2. The molecule has 0 radical (unpaired) electrons. The van der Waals surface area contributed by atoms with Crippen molar-refractivity contribution in [2.45, 2.75) is 6.54 Å². The lowest BCUT2D eigenvalue weighted by Crippen LogP contribution is -2.19. The number of esters is 1. The first-order valence-corrected chi connectivity index (χ1v) is 8.89. The second-order valence-electron chi connectivity index (χ2n) is 6.42. The molecule has 0 spiro atoms. The van der Waals surface area contributed by atoms with Crippen LogP contribution in [0.5, 0.6) is 0 Å². The Labute approximate surface area is 170 Å². The number of benzene rings is 1. The first kappa shape index (κ1) is 21.2. The summed E-state index contributed by atoms with van der Waals surface area (Å²) in [6.07, 6.45) is 1.49. The zero-order valence-corrected chi connectivity index (χ0v) is 16.6. The van der Waals surface area contributed by atoms with Gasteiger partial charge in [0, 0.05) is 31.7 Å². The van der Waals surface area contributed by atoms with Gasteiger partial charge >= 0.3 is 5.97 Å². The number of pyridine rings is 1. The summed E-state index contributed by atoms with van der Waals surface area (Å²) in [6, 6.07) is 5.57. The largest absolute Gasteiger partial charge is 0.464 e. The topological polar surface area (TPSA) is 94.5 Å². The summed E-state index contributed by atoms with van der Waals surface area (Å²) in [5.41, 5.74) is 1.38. The first-order valence-electron chi connectivity index (χ1n) is 8.89. The number of carbonyl (C=O) groups excluding carboxylic acids is 2. The molecule has 2 aromatic heterocycles. The number of aryl methyl sites for hydroxylation is 1. The van der Waals surface area contributed by atoms with E-state index in [9.17, 15) is 18.4 Å². The number of aromatic nitrogens is 2. The van der Waals surface area contributed by atoms with Gasteiger partial charge in [0.25, 0.3) is 0 Å². The number of anilines is 2. The van der Waals surface area contributed by atoms with E-state index in [1.807, 2.05) is 0 Å². The Hall–Kier alpha value is -3.53. The van der Waals surface area contributed by atoms with Gasteiger partial charge in [0.05, 0.1) is 24.7 Å². The molecule has 10 heteroatoms. The number of rotatable bonds is 7. The molecule has 0 saturated heterocycles. The molecule has 2 N–H and O–H groups in total. The molecule has 3 rings (SSSR count). The Bertz CT molecular complexity index is 1110. The van der Waals surface area contributed by atoms with Crippen molar-refractivity contribution in [2.24, 2.45) is 7.05 Å². The number of amides is 1. The fraction of sp³-hybridized carbons (Fsp3) is 0.250. The van der Waals surface area contributed by atoms with Crippen LogP contribution < -0.4 is 10.6 Å². The maximum atomic E-state index is 13.9. The van der Waals surface area contributed by atoms with E-state index < -0.39 is 23.5 Å². The lowest BCUT2D eigenvalue weighted by Gasteiger charge is -2.09. The standard InChI is InChI=1S/C20H20F2N4O4/c1-26-18(20(28)30-3)17(25-15(27)10-29-2)13-7-12(9-24-19(13)26)23-8-11-5-4-6-14(21)16(11)22/h4-7,9,23H,8,10H2,1-3H3,(H,25,27). The van der Waals surface area contributed by atoms with Gasteiger partial charge in [0.2, 0.25) is 5.91 Å². The maximum absolute atomic E-state index is 13.9. The van der Waals surface area contributed by atoms with E-state index in [0.29, 0.717) is 16.7 Å². The van der Waals surface area contributed by atoms with Gasteiger partial charge in [-0.3, -0.25) is 4.79 Å². The molecule has 0 aliphatic heterocycles. The van der Waals surface area contributed by atoms with Crippen molar-refractivity contribution in [1.29, 1.82) is 0 Å². The lowest BCUT2D eigenvalue weighted by atomic mass is 10.2. The number of ether oxygens (including phenoxy) is 2.